The van der Waals surface area contributed by atoms with Gasteiger partial charge in [0.2, 0.25) is 16.2 Å². The first kappa shape index (κ1) is 11.3. The van der Waals surface area contributed by atoms with Gasteiger partial charge >= 0.3 is 0 Å². The van der Waals surface area contributed by atoms with Crippen molar-refractivity contribution in [1.29, 1.82) is 0 Å². The fourth-order valence-electron chi connectivity index (χ4n) is 1.09. The number of carbonyl (C=O) groups is 1. The van der Waals surface area contributed by atoms with Crippen LogP contribution in [0.25, 0.3) is 0 Å². The van der Waals surface area contributed by atoms with Gasteiger partial charge in [0.15, 0.2) is 0 Å². The normalized spacial score (nSPS) is 19.3. The third kappa shape index (κ3) is 2.81. The van der Waals surface area contributed by atoms with Gasteiger partial charge in [-0.15, -0.1) is 0 Å². The number of nitrogens with two attached hydrogens (primary N) is 1. The molecule has 0 aromatic carbocycles. The Hall–Kier alpha value is -1.82. The number of rotatable bonds is 2. The van der Waals surface area contributed by atoms with Crippen molar-refractivity contribution in [3.8, 4) is 0 Å². The van der Waals surface area contributed by atoms with Crippen molar-refractivity contribution < 1.29 is 13.2 Å². The van der Waals surface area contributed by atoms with Crippen molar-refractivity contribution in [2.45, 2.75) is 6.04 Å². The van der Waals surface area contributed by atoms with Gasteiger partial charge in [-0.25, -0.2) is 0 Å². The molecule has 0 bridgehead atoms. The minimum Gasteiger partial charge on any atom is -0.399 e. The smallest absolute Gasteiger partial charge is 0.244 e. The Kier molecular flexibility index (Phi) is 3.46. The van der Waals surface area contributed by atoms with Crippen molar-refractivity contribution in [1.82, 2.24) is 5.32 Å². The maximum Gasteiger partial charge on any atom is 0.244 e. The van der Waals surface area contributed by atoms with Crippen LogP contribution in [-0.2, 0) is 15.1 Å². The Morgan fingerprint density at radius 3 is 2.80 bits per heavy atom. The van der Waals surface area contributed by atoms with Gasteiger partial charge in [-0.2, -0.15) is 8.42 Å². The highest BCUT2D eigenvalue weighted by Crippen LogP contribution is 2.03. The second-order valence-electron chi connectivity index (χ2n) is 2.83. The molecule has 80 valence electrons. The summed E-state index contributed by atoms with van der Waals surface area (Å²) in [5, 5.41) is 2.45. The maximum atomic E-state index is 11.0. The standard InChI is InChI=1S/C9H10N2O3S/c1-2-9(12)11-7-4-3-6(10)5-8(7)15(13)14/h2-5,7H,1,10H2,(H,11,12). The van der Waals surface area contributed by atoms with Crippen LogP contribution in [-0.4, -0.2) is 25.2 Å². The highest BCUT2D eigenvalue weighted by Gasteiger charge is 2.17. The zero-order valence-corrected chi connectivity index (χ0v) is 8.62. The largest absolute Gasteiger partial charge is 0.399 e. The van der Waals surface area contributed by atoms with E-state index in [1.165, 1.54) is 18.2 Å². The average Bonchev–Trinajstić information content (AvgIpc) is 2.20. The fourth-order valence-corrected chi connectivity index (χ4v) is 1.66. The molecule has 0 radical (unpaired) electrons. The molecule has 0 fully saturated rings. The molecule has 0 heterocycles. The van der Waals surface area contributed by atoms with Crippen LogP contribution < -0.4 is 11.1 Å². The second kappa shape index (κ2) is 4.61. The molecule has 1 unspecified atom stereocenters. The van der Waals surface area contributed by atoms with Crippen molar-refractivity contribution in [2.24, 2.45) is 5.73 Å². The van der Waals surface area contributed by atoms with Crippen LogP contribution in [0, 0.1) is 0 Å². The van der Waals surface area contributed by atoms with E-state index >= 15 is 0 Å². The number of nitrogens with one attached hydrogen (secondary N) is 1. The van der Waals surface area contributed by atoms with Gasteiger partial charge < -0.3 is 11.1 Å². The molecule has 6 heteroatoms. The summed E-state index contributed by atoms with van der Waals surface area (Å²) >= 11 is 0. The summed E-state index contributed by atoms with van der Waals surface area (Å²) in [6.07, 6.45) is 5.41. The SMILES string of the molecule is C=CC(=O)NC1C=CC(N)=CC1=S(=O)=O. The predicted molar refractivity (Wildman–Crippen MR) is 57.5 cm³/mol. The third-order valence-electron chi connectivity index (χ3n) is 1.77. The molecule has 0 saturated heterocycles. The average molecular weight is 226 g/mol. The van der Waals surface area contributed by atoms with Crippen LogP contribution in [0.3, 0.4) is 0 Å². The monoisotopic (exact) mass is 226 g/mol. The van der Waals surface area contributed by atoms with Gasteiger partial charge in [0, 0.05) is 5.70 Å². The Morgan fingerprint density at radius 2 is 2.27 bits per heavy atom. The van der Waals surface area contributed by atoms with E-state index in [0.717, 1.165) is 6.08 Å². The molecule has 5 nitrogen and oxygen atoms in total. The summed E-state index contributed by atoms with van der Waals surface area (Å²) in [6.45, 7) is 3.27. The lowest BCUT2D eigenvalue weighted by molar-refractivity contribution is -0.116. The Balaban J connectivity index is 3.02. The molecule has 15 heavy (non-hydrogen) atoms. The van der Waals surface area contributed by atoms with Crippen LogP contribution in [0.1, 0.15) is 0 Å². The van der Waals surface area contributed by atoms with Crippen molar-refractivity contribution >= 4 is 21.1 Å². The van der Waals surface area contributed by atoms with Gasteiger partial charge in [0.05, 0.1) is 6.04 Å². The minimum atomic E-state index is -2.41. The highest BCUT2D eigenvalue weighted by atomic mass is 32.2. The number of hydrogen-bond acceptors (Lipinski definition) is 4. The van der Waals surface area contributed by atoms with Gasteiger partial charge in [-0.1, -0.05) is 12.7 Å². The quantitative estimate of drug-likeness (QED) is 0.472. The molecule has 0 aliphatic heterocycles. The van der Waals surface area contributed by atoms with E-state index in [1.807, 2.05) is 0 Å². The summed E-state index contributed by atoms with van der Waals surface area (Å²) in [5.74, 6) is -0.443. The summed E-state index contributed by atoms with van der Waals surface area (Å²) in [7, 11) is -2.41. The highest BCUT2D eigenvalue weighted by molar-refractivity contribution is 7.73. The van der Waals surface area contributed by atoms with E-state index in [9.17, 15) is 13.2 Å². The summed E-state index contributed by atoms with van der Waals surface area (Å²) in [5.41, 5.74) is 5.77. The maximum absolute atomic E-state index is 11.0. The minimum absolute atomic E-state index is 0.0326. The summed E-state index contributed by atoms with van der Waals surface area (Å²) in [6, 6.07) is -0.680. The Morgan fingerprint density at radius 1 is 1.60 bits per heavy atom. The molecule has 0 aromatic heterocycles. The van der Waals surface area contributed by atoms with Crippen molar-refractivity contribution in [2.75, 3.05) is 0 Å². The van der Waals surface area contributed by atoms with Gasteiger partial charge in [0.1, 0.15) is 4.86 Å². The molecule has 3 N–H and O–H groups in total. The van der Waals surface area contributed by atoms with Gasteiger partial charge in [-0.3, -0.25) is 4.79 Å². The number of hydrogen-bond donors (Lipinski definition) is 2. The number of amides is 1. The first-order chi connectivity index (χ1) is 7.04. The zero-order chi connectivity index (χ0) is 11.4. The molecule has 0 spiro atoms. The third-order valence-corrected chi connectivity index (χ3v) is 2.53. The lowest BCUT2D eigenvalue weighted by atomic mass is 10.1. The first-order valence-corrected chi connectivity index (χ1v) is 5.16. The van der Waals surface area contributed by atoms with Crippen LogP contribution in [0.4, 0.5) is 0 Å². The van der Waals surface area contributed by atoms with Crippen LogP contribution in [0.2, 0.25) is 0 Å². The van der Waals surface area contributed by atoms with E-state index in [2.05, 4.69) is 11.9 Å². The number of allylic oxidation sites excluding steroid dienone is 1. The Labute approximate surface area is 88.5 Å². The zero-order valence-electron chi connectivity index (χ0n) is 7.80. The summed E-state index contributed by atoms with van der Waals surface area (Å²) in [4.78, 5) is 11.0. The van der Waals surface area contributed by atoms with Crippen molar-refractivity contribution in [3.63, 3.8) is 0 Å². The molecular formula is C9H10N2O3S. The molecule has 1 amide bonds. The van der Waals surface area contributed by atoms with E-state index in [-0.39, 0.29) is 4.86 Å². The van der Waals surface area contributed by atoms with E-state index in [0.29, 0.717) is 5.70 Å². The molecule has 1 rings (SSSR count). The predicted octanol–water partition coefficient (Wildman–Crippen LogP) is -0.879. The molecular weight excluding hydrogens is 216 g/mol. The van der Waals surface area contributed by atoms with E-state index in [1.54, 1.807) is 0 Å². The van der Waals surface area contributed by atoms with Crippen molar-refractivity contribution in [3.05, 3.63) is 36.6 Å². The molecule has 0 aromatic rings. The summed E-state index contributed by atoms with van der Waals surface area (Å²) < 4.78 is 21.7. The van der Waals surface area contributed by atoms with Gasteiger partial charge in [-0.05, 0) is 18.2 Å². The fraction of sp³-hybridized carbons (Fsp3) is 0.111. The van der Waals surface area contributed by atoms with Crippen LogP contribution >= 0.6 is 0 Å². The van der Waals surface area contributed by atoms with Crippen LogP contribution in [0.5, 0.6) is 0 Å². The molecule has 1 atom stereocenters. The topological polar surface area (TPSA) is 89.3 Å². The molecule has 1 aliphatic carbocycles. The molecule has 1 aliphatic rings. The lowest BCUT2D eigenvalue weighted by Gasteiger charge is -2.15. The molecule has 0 saturated carbocycles. The van der Waals surface area contributed by atoms with Gasteiger partial charge in [0.25, 0.3) is 0 Å². The van der Waals surface area contributed by atoms with E-state index < -0.39 is 22.2 Å². The second-order valence-corrected chi connectivity index (χ2v) is 3.77. The Bertz CT molecular complexity index is 477. The number of carbonyl (C=O) groups excluding carboxylic acids is 1. The van der Waals surface area contributed by atoms with E-state index in [4.69, 9.17) is 5.73 Å². The lowest BCUT2D eigenvalue weighted by Crippen LogP contribution is -2.39. The van der Waals surface area contributed by atoms with Crippen LogP contribution in [0.15, 0.2) is 36.6 Å². The first-order valence-electron chi connectivity index (χ1n) is 4.09.